The minimum absolute atomic E-state index is 0.431. The van der Waals surface area contributed by atoms with Crippen LogP contribution in [-0.4, -0.2) is 35.6 Å². The van der Waals surface area contributed by atoms with Gasteiger partial charge in [-0.3, -0.25) is 4.90 Å². The van der Waals surface area contributed by atoms with E-state index in [-0.39, 0.29) is 0 Å². The Morgan fingerprint density at radius 3 is 3.00 bits per heavy atom. The fourth-order valence-electron chi connectivity index (χ4n) is 2.58. The van der Waals surface area contributed by atoms with Crippen molar-refractivity contribution in [2.45, 2.75) is 25.8 Å². The Labute approximate surface area is 128 Å². The Kier molecular flexibility index (Phi) is 5.19. The van der Waals surface area contributed by atoms with Gasteiger partial charge >= 0.3 is 0 Å². The zero-order chi connectivity index (χ0) is 13.8. The van der Waals surface area contributed by atoms with Gasteiger partial charge in [0.05, 0.1) is 0 Å². The number of thiocarbonyl (C=S) groups is 1. The number of likely N-dealkylation sites (N-methyl/N-ethyl adjacent to an activating group) is 1. The van der Waals surface area contributed by atoms with Crippen LogP contribution in [0.25, 0.3) is 0 Å². The molecule has 3 nitrogen and oxygen atoms in total. The van der Waals surface area contributed by atoms with E-state index in [4.69, 9.17) is 18.0 Å². The molecule has 0 aliphatic carbocycles. The van der Waals surface area contributed by atoms with E-state index in [2.05, 4.69) is 33.1 Å². The SMILES string of the molecule is CCN1CCCC1CNc1ccc(C(N)=S)cc1Br. The molecule has 0 spiro atoms. The second-order valence-corrected chi connectivity index (χ2v) is 6.16. The Balaban J connectivity index is 1.98. The van der Waals surface area contributed by atoms with Gasteiger partial charge in [-0.2, -0.15) is 0 Å². The molecule has 1 fully saturated rings. The zero-order valence-electron chi connectivity index (χ0n) is 11.2. The highest BCUT2D eigenvalue weighted by atomic mass is 79.9. The maximum absolute atomic E-state index is 5.63. The molecular weight excluding hydrogens is 322 g/mol. The van der Waals surface area contributed by atoms with E-state index in [1.54, 1.807) is 0 Å². The van der Waals surface area contributed by atoms with Crippen LogP contribution in [0.3, 0.4) is 0 Å². The van der Waals surface area contributed by atoms with Crippen LogP contribution in [-0.2, 0) is 0 Å². The van der Waals surface area contributed by atoms with Gasteiger partial charge in [0.2, 0.25) is 0 Å². The van der Waals surface area contributed by atoms with Gasteiger partial charge in [0.1, 0.15) is 4.99 Å². The van der Waals surface area contributed by atoms with E-state index in [0.29, 0.717) is 11.0 Å². The Morgan fingerprint density at radius 2 is 2.37 bits per heavy atom. The number of nitrogens with one attached hydrogen (secondary N) is 1. The van der Waals surface area contributed by atoms with Crippen LogP contribution in [0.1, 0.15) is 25.3 Å². The first-order valence-electron chi connectivity index (χ1n) is 6.69. The van der Waals surface area contributed by atoms with Crippen molar-refractivity contribution in [3.8, 4) is 0 Å². The molecule has 0 amide bonds. The number of likely N-dealkylation sites (tertiary alicyclic amines) is 1. The lowest BCUT2D eigenvalue weighted by Crippen LogP contribution is -2.34. The van der Waals surface area contributed by atoms with E-state index < -0.39 is 0 Å². The van der Waals surface area contributed by atoms with Gasteiger partial charge in [0, 0.05) is 28.3 Å². The predicted molar refractivity (Wildman–Crippen MR) is 88.8 cm³/mol. The maximum Gasteiger partial charge on any atom is 0.104 e. The van der Waals surface area contributed by atoms with Crippen LogP contribution in [0, 0.1) is 0 Å². The zero-order valence-corrected chi connectivity index (χ0v) is 13.6. The second-order valence-electron chi connectivity index (χ2n) is 4.86. The Morgan fingerprint density at radius 1 is 1.58 bits per heavy atom. The number of halogens is 1. The molecule has 0 bridgehead atoms. The van der Waals surface area contributed by atoms with Gasteiger partial charge in [-0.1, -0.05) is 19.1 Å². The first-order chi connectivity index (χ1) is 9.11. The number of rotatable bonds is 5. The fraction of sp³-hybridized carbons (Fsp3) is 0.500. The molecule has 104 valence electrons. The Bertz CT molecular complexity index is 464. The predicted octanol–water partition coefficient (Wildman–Crippen LogP) is 2.98. The lowest BCUT2D eigenvalue weighted by atomic mass is 10.2. The molecular formula is C14H20BrN3S. The molecule has 3 N–H and O–H groups in total. The Hall–Kier alpha value is -0.650. The van der Waals surface area contributed by atoms with Crippen LogP contribution in [0.4, 0.5) is 5.69 Å². The molecule has 1 aliphatic rings. The monoisotopic (exact) mass is 341 g/mol. The largest absolute Gasteiger partial charge is 0.389 e. The summed E-state index contributed by atoms with van der Waals surface area (Å²) in [7, 11) is 0. The van der Waals surface area contributed by atoms with Gasteiger partial charge in [-0.15, -0.1) is 0 Å². The normalized spacial score (nSPS) is 19.6. The van der Waals surface area contributed by atoms with E-state index in [9.17, 15) is 0 Å². The molecule has 1 atom stereocenters. The summed E-state index contributed by atoms with van der Waals surface area (Å²) in [6.45, 7) is 5.57. The molecule has 1 heterocycles. The highest BCUT2D eigenvalue weighted by Crippen LogP contribution is 2.25. The van der Waals surface area contributed by atoms with Gasteiger partial charge in [-0.05, 0) is 60.1 Å². The van der Waals surface area contributed by atoms with Crippen molar-refractivity contribution in [2.24, 2.45) is 5.73 Å². The second kappa shape index (κ2) is 6.68. The lowest BCUT2D eigenvalue weighted by Gasteiger charge is -2.23. The van der Waals surface area contributed by atoms with Crippen LogP contribution in [0.15, 0.2) is 22.7 Å². The highest BCUT2D eigenvalue weighted by Gasteiger charge is 2.22. The first kappa shape index (κ1) is 14.8. The molecule has 0 saturated carbocycles. The van der Waals surface area contributed by atoms with Crippen molar-refractivity contribution in [3.05, 3.63) is 28.2 Å². The van der Waals surface area contributed by atoms with Crippen LogP contribution in [0.5, 0.6) is 0 Å². The standard InChI is InChI=1S/C14H20BrN3S/c1-2-18-7-3-4-11(18)9-17-13-6-5-10(14(16)19)8-12(13)15/h5-6,8,11,17H,2-4,7,9H2,1H3,(H2,16,19). The summed E-state index contributed by atoms with van der Waals surface area (Å²) in [5, 5.41) is 3.51. The minimum atomic E-state index is 0.431. The topological polar surface area (TPSA) is 41.3 Å². The summed E-state index contributed by atoms with van der Waals surface area (Å²) < 4.78 is 1.01. The third-order valence-electron chi connectivity index (χ3n) is 3.69. The maximum atomic E-state index is 5.63. The van der Waals surface area contributed by atoms with Gasteiger partial charge in [0.25, 0.3) is 0 Å². The molecule has 1 unspecified atom stereocenters. The summed E-state index contributed by atoms with van der Waals surface area (Å²) in [6.07, 6.45) is 2.59. The third kappa shape index (κ3) is 3.68. The van der Waals surface area contributed by atoms with Crippen LogP contribution in [0.2, 0.25) is 0 Å². The molecule has 2 rings (SSSR count). The summed E-state index contributed by atoms with van der Waals surface area (Å²) in [5.74, 6) is 0. The van der Waals surface area contributed by atoms with E-state index in [0.717, 1.165) is 28.8 Å². The first-order valence-corrected chi connectivity index (χ1v) is 7.89. The molecule has 1 aromatic carbocycles. The van der Waals surface area contributed by atoms with Gasteiger partial charge < -0.3 is 11.1 Å². The fourth-order valence-corrected chi connectivity index (χ4v) is 3.23. The molecule has 1 saturated heterocycles. The van der Waals surface area contributed by atoms with Crippen LogP contribution >= 0.6 is 28.1 Å². The van der Waals surface area contributed by atoms with Gasteiger partial charge in [-0.25, -0.2) is 0 Å². The summed E-state index contributed by atoms with van der Waals surface area (Å²) in [4.78, 5) is 2.96. The lowest BCUT2D eigenvalue weighted by molar-refractivity contribution is 0.277. The molecule has 0 aromatic heterocycles. The quantitative estimate of drug-likeness (QED) is 0.808. The smallest absolute Gasteiger partial charge is 0.104 e. The van der Waals surface area contributed by atoms with E-state index in [1.165, 1.54) is 19.4 Å². The summed E-state index contributed by atoms with van der Waals surface area (Å²) in [5.41, 5.74) is 7.62. The molecule has 1 aliphatic heterocycles. The average molecular weight is 342 g/mol. The summed E-state index contributed by atoms with van der Waals surface area (Å²) >= 11 is 8.54. The van der Waals surface area contributed by atoms with E-state index >= 15 is 0 Å². The van der Waals surface area contributed by atoms with Crippen molar-refractivity contribution in [1.29, 1.82) is 0 Å². The number of anilines is 1. The third-order valence-corrected chi connectivity index (χ3v) is 4.58. The van der Waals surface area contributed by atoms with E-state index in [1.807, 2.05) is 18.2 Å². The number of nitrogens with zero attached hydrogens (tertiary/aromatic N) is 1. The van der Waals surface area contributed by atoms with Crippen molar-refractivity contribution in [1.82, 2.24) is 4.90 Å². The van der Waals surface area contributed by atoms with Crippen molar-refractivity contribution in [2.75, 3.05) is 25.0 Å². The minimum Gasteiger partial charge on any atom is -0.389 e. The molecule has 5 heteroatoms. The number of nitrogens with two attached hydrogens (primary N) is 1. The average Bonchev–Trinajstić information content (AvgIpc) is 2.84. The van der Waals surface area contributed by atoms with Crippen molar-refractivity contribution >= 4 is 38.8 Å². The molecule has 19 heavy (non-hydrogen) atoms. The molecule has 0 radical (unpaired) electrons. The number of hydrogen-bond donors (Lipinski definition) is 2. The van der Waals surface area contributed by atoms with Gasteiger partial charge in [0.15, 0.2) is 0 Å². The van der Waals surface area contributed by atoms with Crippen molar-refractivity contribution in [3.63, 3.8) is 0 Å². The number of hydrogen-bond acceptors (Lipinski definition) is 3. The van der Waals surface area contributed by atoms with Crippen molar-refractivity contribution < 1.29 is 0 Å². The summed E-state index contributed by atoms with van der Waals surface area (Å²) in [6, 6.07) is 6.61. The highest BCUT2D eigenvalue weighted by molar-refractivity contribution is 9.10. The van der Waals surface area contributed by atoms with Crippen LogP contribution < -0.4 is 11.1 Å². The number of benzene rings is 1. The molecule has 1 aromatic rings.